The fraction of sp³-hybridized carbons (Fsp3) is 0.538. The van der Waals surface area contributed by atoms with Gasteiger partial charge in [0, 0.05) is 37.3 Å². The van der Waals surface area contributed by atoms with Gasteiger partial charge in [-0.3, -0.25) is 4.90 Å². The Hall–Kier alpha value is -0.490. The zero-order valence-corrected chi connectivity index (χ0v) is 12.0. The Labute approximate surface area is 115 Å². The van der Waals surface area contributed by atoms with Crippen molar-refractivity contribution in [2.45, 2.75) is 18.6 Å². The molecule has 100 valence electrons. The molecule has 0 aromatic heterocycles. The molecule has 2 N–H and O–H groups in total. The predicted octanol–water partition coefficient (Wildman–Crippen LogP) is 2.31. The van der Waals surface area contributed by atoms with E-state index in [0.717, 1.165) is 29.5 Å². The minimum absolute atomic E-state index is 0.111. The van der Waals surface area contributed by atoms with E-state index >= 15 is 0 Å². The van der Waals surface area contributed by atoms with Gasteiger partial charge in [0.15, 0.2) is 0 Å². The van der Waals surface area contributed by atoms with Gasteiger partial charge in [0.2, 0.25) is 0 Å². The smallest absolute Gasteiger partial charge is 0.124 e. The summed E-state index contributed by atoms with van der Waals surface area (Å²) >= 11 is 3.41. The lowest BCUT2D eigenvalue weighted by Crippen LogP contribution is -2.33. The molecule has 1 fully saturated rings. The van der Waals surface area contributed by atoms with Gasteiger partial charge in [-0.05, 0) is 24.1 Å². The SMILES string of the molecule is COC1CCN(C(CN)c2ccc(F)cc2Br)C1. The van der Waals surface area contributed by atoms with Crippen molar-refractivity contribution in [1.29, 1.82) is 0 Å². The van der Waals surface area contributed by atoms with Crippen LogP contribution in [0.1, 0.15) is 18.0 Å². The lowest BCUT2D eigenvalue weighted by molar-refractivity contribution is 0.101. The van der Waals surface area contributed by atoms with E-state index in [1.807, 2.05) is 0 Å². The van der Waals surface area contributed by atoms with E-state index in [2.05, 4.69) is 20.8 Å². The molecule has 2 atom stereocenters. The van der Waals surface area contributed by atoms with Crippen LogP contribution < -0.4 is 5.73 Å². The molecule has 1 aromatic carbocycles. The lowest BCUT2D eigenvalue weighted by Gasteiger charge is -2.27. The van der Waals surface area contributed by atoms with Crippen molar-refractivity contribution in [3.8, 4) is 0 Å². The average molecular weight is 317 g/mol. The minimum Gasteiger partial charge on any atom is -0.380 e. The largest absolute Gasteiger partial charge is 0.380 e. The van der Waals surface area contributed by atoms with E-state index in [1.165, 1.54) is 12.1 Å². The van der Waals surface area contributed by atoms with Gasteiger partial charge < -0.3 is 10.5 Å². The summed E-state index contributed by atoms with van der Waals surface area (Å²) in [6, 6.07) is 4.88. The number of nitrogens with two attached hydrogens (primary N) is 1. The standard InChI is InChI=1S/C13H18BrFN2O/c1-18-10-4-5-17(8-10)13(7-16)11-3-2-9(15)6-12(11)14/h2-3,6,10,13H,4-5,7-8,16H2,1H3. The second kappa shape index (κ2) is 6.10. The zero-order chi connectivity index (χ0) is 13.1. The Bertz CT molecular complexity index is 416. The van der Waals surface area contributed by atoms with Crippen LogP contribution in [0.4, 0.5) is 4.39 Å². The molecule has 2 rings (SSSR count). The molecular weight excluding hydrogens is 299 g/mol. The maximum absolute atomic E-state index is 13.1. The topological polar surface area (TPSA) is 38.5 Å². The maximum Gasteiger partial charge on any atom is 0.124 e. The molecule has 1 aromatic rings. The fourth-order valence-corrected chi connectivity index (χ4v) is 3.09. The van der Waals surface area contributed by atoms with Gasteiger partial charge in [-0.15, -0.1) is 0 Å². The Morgan fingerprint density at radius 2 is 2.39 bits per heavy atom. The van der Waals surface area contributed by atoms with Crippen LogP contribution in [0.3, 0.4) is 0 Å². The summed E-state index contributed by atoms with van der Waals surface area (Å²) in [5.74, 6) is -0.238. The molecule has 3 nitrogen and oxygen atoms in total. The Balaban J connectivity index is 2.18. The predicted molar refractivity (Wildman–Crippen MR) is 72.9 cm³/mol. The summed E-state index contributed by atoms with van der Waals surface area (Å²) < 4.78 is 19.3. The summed E-state index contributed by atoms with van der Waals surface area (Å²) in [5, 5.41) is 0. The molecular formula is C13H18BrFN2O. The third kappa shape index (κ3) is 2.91. The van der Waals surface area contributed by atoms with E-state index in [-0.39, 0.29) is 18.0 Å². The van der Waals surface area contributed by atoms with Gasteiger partial charge in [0.1, 0.15) is 5.82 Å². The second-order valence-corrected chi connectivity index (χ2v) is 5.41. The average Bonchev–Trinajstić information content (AvgIpc) is 2.81. The summed E-state index contributed by atoms with van der Waals surface area (Å²) in [5.41, 5.74) is 6.92. The highest BCUT2D eigenvalue weighted by Gasteiger charge is 2.29. The minimum atomic E-state index is -0.238. The van der Waals surface area contributed by atoms with Gasteiger partial charge >= 0.3 is 0 Å². The molecule has 2 unspecified atom stereocenters. The molecule has 0 aliphatic carbocycles. The van der Waals surface area contributed by atoms with Gasteiger partial charge in [-0.1, -0.05) is 22.0 Å². The normalized spacial score (nSPS) is 22.3. The van der Waals surface area contributed by atoms with Crippen LogP contribution in [0, 0.1) is 5.82 Å². The molecule has 0 saturated carbocycles. The maximum atomic E-state index is 13.1. The van der Waals surface area contributed by atoms with Gasteiger partial charge in [-0.25, -0.2) is 4.39 Å². The molecule has 1 aliphatic heterocycles. The second-order valence-electron chi connectivity index (χ2n) is 4.56. The number of likely N-dealkylation sites (tertiary alicyclic amines) is 1. The molecule has 0 bridgehead atoms. The van der Waals surface area contributed by atoms with Crippen molar-refractivity contribution in [2.24, 2.45) is 5.73 Å². The summed E-state index contributed by atoms with van der Waals surface area (Å²) in [6.45, 7) is 2.35. The molecule has 1 heterocycles. The van der Waals surface area contributed by atoms with Crippen LogP contribution in [-0.2, 0) is 4.74 Å². The molecule has 0 radical (unpaired) electrons. The van der Waals surface area contributed by atoms with E-state index in [0.29, 0.717) is 6.54 Å². The molecule has 1 saturated heterocycles. The van der Waals surface area contributed by atoms with E-state index < -0.39 is 0 Å². The zero-order valence-electron chi connectivity index (χ0n) is 10.4. The number of hydrogen-bond donors (Lipinski definition) is 1. The third-order valence-corrected chi connectivity index (χ3v) is 4.18. The first-order chi connectivity index (χ1) is 8.65. The van der Waals surface area contributed by atoms with E-state index in [1.54, 1.807) is 13.2 Å². The fourth-order valence-electron chi connectivity index (χ4n) is 2.47. The number of hydrogen-bond acceptors (Lipinski definition) is 3. The lowest BCUT2D eigenvalue weighted by atomic mass is 10.1. The highest BCUT2D eigenvalue weighted by molar-refractivity contribution is 9.10. The van der Waals surface area contributed by atoms with Gasteiger partial charge in [0.25, 0.3) is 0 Å². The van der Waals surface area contributed by atoms with Crippen LogP contribution >= 0.6 is 15.9 Å². The monoisotopic (exact) mass is 316 g/mol. The number of benzene rings is 1. The van der Waals surface area contributed by atoms with Crippen molar-refractivity contribution < 1.29 is 9.13 Å². The van der Waals surface area contributed by atoms with Crippen molar-refractivity contribution in [1.82, 2.24) is 4.90 Å². The molecule has 1 aliphatic rings. The van der Waals surface area contributed by atoms with Crippen LogP contribution in [0.5, 0.6) is 0 Å². The number of nitrogens with zero attached hydrogens (tertiary/aromatic N) is 1. The summed E-state index contributed by atoms with van der Waals surface area (Å²) in [4.78, 5) is 2.30. The first-order valence-electron chi connectivity index (χ1n) is 6.07. The Kier molecular flexibility index (Phi) is 4.72. The van der Waals surface area contributed by atoms with E-state index in [9.17, 15) is 4.39 Å². The first kappa shape index (κ1) is 13.9. The third-order valence-electron chi connectivity index (χ3n) is 3.50. The van der Waals surface area contributed by atoms with Crippen LogP contribution in [-0.4, -0.2) is 37.7 Å². The number of ether oxygens (including phenoxy) is 1. The van der Waals surface area contributed by atoms with Crippen molar-refractivity contribution in [3.63, 3.8) is 0 Å². The van der Waals surface area contributed by atoms with Crippen LogP contribution in [0.25, 0.3) is 0 Å². The summed E-state index contributed by atoms with van der Waals surface area (Å²) in [7, 11) is 1.74. The molecule has 5 heteroatoms. The quantitative estimate of drug-likeness (QED) is 0.926. The van der Waals surface area contributed by atoms with Crippen LogP contribution in [0.15, 0.2) is 22.7 Å². The van der Waals surface area contributed by atoms with Crippen LogP contribution in [0.2, 0.25) is 0 Å². The van der Waals surface area contributed by atoms with Crippen molar-refractivity contribution in [3.05, 3.63) is 34.1 Å². The Morgan fingerprint density at radius 3 is 2.94 bits per heavy atom. The first-order valence-corrected chi connectivity index (χ1v) is 6.87. The molecule has 0 amide bonds. The van der Waals surface area contributed by atoms with Gasteiger partial charge in [-0.2, -0.15) is 0 Å². The molecule has 0 spiro atoms. The number of halogens is 2. The Morgan fingerprint density at radius 1 is 1.61 bits per heavy atom. The number of methoxy groups -OCH3 is 1. The summed E-state index contributed by atoms with van der Waals surface area (Å²) in [6.07, 6.45) is 1.30. The van der Waals surface area contributed by atoms with Crippen molar-refractivity contribution >= 4 is 15.9 Å². The highest BCUT2D eigenvalue weighted by Crippen LogP contribution is 2.30. The highest BCUT2D eigenvalue weighted by atomic mass is 79.9. The molecule has 18 heavy (non-hydrogen) atoms. The van der Waals surface area contributed by atoms with Gasteiger partial charge in [0.05, 0.1) is 6.10 Å². The van der Waals surface area contributed by atoms with Crippen molar-refractivity contribution in [2.75, 3.05) is 26.7 Å². The van der Waals surface area contributed by atoms with E-state index in [4.69, 9.17) is 10.5 Å². The number of rotatable bonds is 4.